The quantitative estimate of drug-likeness (QED) is 0.723. The van der Waals surface area contributed by atoms with E-state index in [1.54, 1.807) is 13.0 Å². The zero-order chi connectivity index (χ0) is 15.8. The third-order valence-corrected chi connectivity index (χ3v) is 2.56. The van der Waals surface area contributed by atoms with Gasteiger partial charge in [-0.05, 0) is 36.6 Å². The largest absolute Gasteiger partial charge is 0.389 e. The van der Waals surface area contributed by atoms with Crippen molar-refractivity contribution in [1.29, 1.82) is 0 Å². The summed E-state index contributed by atoms with van der Waals surface area (Å²) in [5.41, 5.74) is 1.09. The average molecular weight is 298 g/mol. The molecule has 0 aliphatic heterocycles. The van der Waals surface area contributed by atoms with Crippen molar-refractivity contribution >= 4 is 11.7 Å². The molecule has 1 unspecified atom stereocenters. The predicted molar refractivity (Wildman–Crippen MR) is 79.8 cm³/mol. The molecule has 3 N–H and O–H groups in total. The average Bonchev–Trinajstić information content (AvgIpc) is 2.34. The zero-order valence-corrected chi connectivity index (χ0v) is 12.6. The molecular formula is C15H23FN2O3. The lowest BCUT2D eigenvalue weighted by Gasteiger charge is -2.14. The maximum absolute atomic E-state index is 13.2. The van der Waals surface area contributed by atoms with E-state index in [0.717, 1.165) is 0 Å². The Hall–Kier alpha value is -1.66. The van der Waals surface area contributed by atoms with Crippen molar-refractivity contribution in [2.75, 3.05) is 25.1 Å². The number of aliphatic hydroxyl groups is 1. The minimum Gasteiger partial charge on any atom is -0.389 e. The Morgan fingerprint density at radius 3 is 2.67 bits per heavy atom. The van der Waals surface area contributed by atoms with E-state index in [1.165, 1.54) is 12.1 Å². The molecule has 0 bridgehead atoms. The van der Waals surface area contributed by atoms with Gasteiger partial charge in [0.2, 0.25) is 0 Å². The lowest BCUT2D eigenvalue weighted by molar-refractivity contribution is 0.0274. The van der Waals surface area contributed by atoms with Crippen molar-refractivity contribution in [3.63, 3.8) is 0 Å². The van der Waals surface area contributed by atoms with Gasteiger partial charge < -0.3 is 20.5 Å². The van der Waals surface area contributed by atoms with Crippen LogP contribution >= 0.6 is 0 Å². The summed E-state index contributed by atoms with van der Waals surface area (Å²) in [5, 5.41) is 14.7. The van der Waals surface area contributed by atoms with E-state index in [-0.39, 0.29) is 13.2 Å². The molecule has 5 nitrogen and oxygen atoms in total. The fraction of sp³-hybridized carbons (Fsp3) is 0.533. The van der Waals surface area contributed by atoms with E-state index in [9.17, 15) is 14.3 Å². The Morgan fingerprint density at radius 1 is 1.33 bits per heavy atom. The zero-order valence-electron chi connectivity index (χ0n) is 12.6. The van der Waals surface area contributed by atoms with Gasteiger partial charge >= 0.3 is 6.03 Å². The molecule has 1 atom stereocenters. The first-order valence-corrected chi connectivity index (χ1v) is 6.94. The summed E-state index contributed by atoms with van der Waals surface area (Å²) >= 11 is 0. The fourth-order valence-corrected chi connectivity index (χ4v) is 1.69. The lowest BCUT2D eigenvalue weighted by atomic mass is 10.2. The van der Waals surface area contributed by atoms with Gasteiger partial charge in [-0.25, -0.2) is 9.18 Å². The third-order valence-electron chi connectivity index (χ3n) is 2.56. The molecule has 118 valence electrons. The second-order valence-electron chi connectivity index (χ2n) is 5.44. The highest BCUT2D eigenvalue weighted by atomic mass is 19.1. The molecule has 0 saturated carbocycles. The van der Waals surface area contributed by atoms with Crippen molar-refractivity contribution in [1.82, 2.24) is 5.32 Å². The number of amides is 2. The smallest absolute Gasteiger partial charge is 0.319 e. The maximum Gasteiger partial charge on any atom is 0.319 e. The van der Waals surface area contributed by atoms with Crippen LogP contribution in [0.1, 0.15) is 19.4 Å². The molecular weight excluding hydrogens is 275 g/mol. The Bertz CT molecular complexity index is 446. The second kappa shape index (κ2) is 8.59. The number of urea groups is 1. The monoisotopic (exact) mass is 298 g/mol. The summed E-state index contributed by atoms with van der Waals surface area (Å²) in [6, 6.07) is 3.77. The van der Waals surface area contributed by atoms with E-state index in [0.29, 0.717) is 23.8 Å². The van der Waals surface area contributed by atoms with Crippen molar-refractivity contribution in [2.24, 2.45) is 5.92 Å². The van der Waals surface area contributed by atoms with E-state index in [2.05, 4.69) is 10.6 Å². The van der Waals surface area contributed by atoms with Crippen LogP contribution in [0.25, 0.3) is 0 Å². The number of rotatable bonds is 7. The molecule has 2 amide bonds. The van der Waals surface area contributed by atoms with Gasteiger partial charge in [-0.2, -0.15) is 0 Å². The van der Waals surface area contributed by atoms with Crippen LogP contribution in [0.2, 0.25) is 0 Å². The van der Waals surface area contributed by atoms with Crippen molar-refractivity contribution < 1.29 is 19.0 Å². The van der Waals surface area contributed by atoms with Gasteiger partial charge in [0.25, 0.3) is 0 Å². The summed E-state index contributed by atoms with van der Waals surface area (Å²) in [6.07, 6.45) is -0.774. The first kappa shape index (κ1) is 17.4. The molecule has 21 heavy (non-hydrogen) atoms. The number of hydrogen-bond acceptors (Lipinski definition) is 3. The van der Waals surface area contributed by atoms with Crippen LogP contribution in [0, 0.1) is 18.7 Å². The Labute approximate surface area is 124 Å². The molecule has 0 spiro atoms. The SMILES string of the molecule is Cc1cc(F)cc(NC(=O)NCC(O)COCC(C)C)c1. The highest BCUT2D eigenvalue weighted by Gasteiger charge is 2.08. The van der Waals surface area contributed by atoms with Gasteiger partial charge in [-0.3, -0.25) is 0 Å². The molecule has 1 aromatic rings. The number of hydrogen-bond donors (Lipinski definition) is 3. The Kier molecular flexibility index (Phi) is 7.11. The lowest BCUT2D eigenvalue weighted by Crippen LogP contribution is -2.37. The number of carbonyl (C=O) groups is 1. The van der Waals surface area contributed by atoms with Gasteiger partial charge in [0.05, 0.1) is 12.7 Å². The first-order chi connectivity index (χ1) is 9.86. The summed E-state index contributed by atoms with van der Waals surface area (Å²) in [7, 11) is 0. The van der Waals surface area contributed by atoms with Crippen molar-refractivity contribution in [3.05, 3.63) is 29.6 Å². The van der Waals surface area contributed by atoms with E-state index in [4.69, 9.17) is 4.74 Å². The summed E-state index contributed by atoms with van der Waals surface area (Å²) in [5.74, 6) is -0.0166. The van der Waals surface area contributed by atoms with Gasteiger partial charge in [0.1, 0.15) is 5.82 Å². The molecule has 1 rings (SSSR count). The highest BCUT2D eigenvalue weighted by molar-refractivity contribution is 5.89. The third kappa shape index (κ3) is 7.63. The van der Waals surface area contributed by atoms with Crippen LogP contribution in [-0.4, -0.2) is 37.0 Å². The number of carbonyl (C=O) groups excluding carboxylic acids is 1. The van der Waals surface area contributed by atoms with Gasteiger partial charge in [0.15, 0.2) is 0 Å². The van der Waals surface area contributed by atoms with Gasteiger partial charge in [-0.1, -0.05) is 13.8 Å². The fourth-order valence-electron chi connectivity index (χ4n) is 1.69. The number of aliphatic hydroxyl groups excluding tert-OH is 1. The van der Waals surface area contributed by atoms with Crippen LogP contribution in [0.4, 0.5) is 14.9 Å². The predicted octanol–water partition coefficient (Wildman–Crippen LogP) is 2.29. The molecule has 0 radical (unpaired) electrons. The van der Waals surface area contributed by atoms with E-state index >= 15 is 0 Å². The maximum atomic E-state index is 13.2. The minimum atomic E-state index is -0.774. The van der Waals surface area contributed by atoms with Crippen LogP contribution in [0.15, 0.2) is 18.2 Å². The van der Waals surface area contributed by atoms with Gasteiger partial charge in [-0.15, -0.1) is 0 Å². The molecule has 0 saturated heterocycles. The van der Waals surface area contributed by atoms with Crippen molar-refractivity contribution in [2.45, 2.75) is 26.9 Å². The Morgan fingerprint density at radius 2 is 2.05 bits per heavy atom. The standard InChI is InChI=1S/C15H23FN2O3/c1-10(2)8-21-9-14(19)7-17-15(20)18-13-5-11(3)4-12(16)6-13/h4-6,10,14,19H,7-9H2,1-3H3,(H2,17,18,20). The molecule has 6 heteroatoms. The molecule has 0 aliphatic rings. The summed E-state index contributed by atoms with van der Waals surface area (Å²) in [4.78, 5) is 11.6. The summed E-state index contributed by atoms with van der Waals surface area (Å²) < 4.78 is 18.4. The topological polar surface area (TPSA) is 70.6 Å². The number of nitrogens with one attached hydrogen (secondary N) is 2. The number of aryl methyl sites for hydroxylation is 1. The Balaban J connectivity index is 2.30. The normalized spacial score (nSPS) is 12.3. The number of halogens is 1. The van der Waals surface area contributed by atoms with E-state index < -0.39 is 18.0 Å². The van der Waals surface area contributed by atoms with Crippen molar-refractivity contribution in [3.8, 4) is 0 Å². The van der Waals surface area contributed by atoms with Gasteiger partial charge in [0, 0.05) is 18.8 Å². The van der Waals surface area contributed by atoms with Crippen LogP contribution in [-0.2, 0) is 4.74 Å². The molecule has 0 fully saturated rings. The number of ether oxygens (including phenoxy) is 1. The summed E-state index contributed by atoms with van der Waals surface area (Å²) in [6.45, 7) is 6.56. The van der Waals surface area contributed by atoms with Crippen LogP contribution < -0.4 is 10.6 Å². The molecule has 0 aromatic heterocycles. The number of anilines is 1. The number of benzene rings is 1. The molecule has 1 aromatic carbocycles. The first-order valence-electron chi connectivity index (χ1n) is 6.94. The van der Waals surface area contributed by atoms with Crippen LogP contribution in [0.5, 0.6) is 0 Å². The van der Waals surface area contributed by atoms with E-state index in [1.807, 2.05) is 13.8 Å². The second-order valence-corrected chi connectivity index (χ2v) is 5.44. The minimum absolute atomic E-state index is 0.0677. The highest BCUT2D eigenvalue weighted by Crippen LogP contribution is 2.12. The van der Waals surface area contributed by atoms with Crippen LogP contribution in [0.3, 0.4) is 0 Å². The molecule has 0 heterocycles. The molecule has 0 aliphatic carbocycles.